The summed E-state index contributed by atoms with van der Waals surface area (Å²) in [5.74, 6) is 0.732. The molecular weight excluding hydrogens is 232 g/mol. The number of hydrogen-bond acceptors (Lipinski definition) is 2. The molecule has 0 saturated carbocycles. The lowest BCUT2D eigenvalue weighted by Gasteiger charge is -2.30. The normalized spacial score (nSPS) is 21.3. The number of likely N-dealkylation sites (N-methyl/N-ethyl adjacent to an activating group) is 1. The first-order valence-electron chi connectivity index (χ1n) is 7.59. The molecule has 0 amide bonds. The maximum atomic E-state index is 3.45. The van der Waals surface area contributed by atoms with Crippen molar-refractivity contribution >= 4 is 0 Å². The minimum Gasteiger partial charge on any atom is -0.315 e. The molecular formula is C17H28N2. The van der Waals surface area contributed by atoms with E-state index in [0.29, 0.717) is 12.1 Å². The highest BCUT2D eigenvalue weighted by Crippen LogP contribution is 2.23. The van der Waals surface area contributed by atoms with Crippen LogP contribution in [-0.4, -0.2) is 31.1 Å². The average molecular weight is 260 g/mol. The zero-order valence-corrected chi connectivity index (χ0v) is 12.8. The third-order valence-corrected chi connectivity index (χ3v) is 4.33. The Kier molecular flexibility index (Phi) is 5.00. The van der Waals surface area contributed by atoms with Gasteiger partial charge >= 0.3 is 0 Å². The number of benzene rings is 1. The molecule has 1 aromatic rings. The molecule has 2 atom stereocenters. The van der Waals surface area contributed by atoms with Gasteiger partial charge in [-0.3, -0.25) is 4.90 Å². The standard InChI is InChI=1S/C17H28N2/c1-13(2)11-15-5-7-16(8-6-15)14(3)19(4)17-9-10-18-12-17/h5-8,13-14,17-18H,9-12H2,1-4H3. The van der Waals surface area contributed by atoms with Crippen LogP contribution in [0.15, 0.2) is 24.3 Å². The molecule has 2 unspecified atom stereocenters. The topological polar surface area (TPSA) is 15.3 Å². The molecule has 1 fully saturated rings. The van der Waals surface area contributed by atoms with Crippen molar-refractivity contribution in [1.29, 1.82) is 0 Å². The van der Waals surface area contributed by atoms with Crippen LogP contribution in [0.2, 0.25) is 0 Å². The number of nitrogens with zero attached hydrogens (tertiary/aromatic N) is 1. The molecule has 2 heteroatoms. The molecule has 0 aromatic heterocycles. The van der Waals surface area contributed by atoms with Crippen LogP contribution in [0.4, 0.5) is 0 Å². The fourth-order valence-corrected chi connectivity index (χ4v) is 2.94. The zero-order valence-electron chi connectivity index (χ0n) is 12.8. The van der Waals surface area contributed by atoms with Gasteiger partial charge in [-0.15, -0.1) is 0 Å². The summed E-state index contributed by atoms with van der Waals surface area (Å²) in [6, 6.07) is 10.4. The maximum absolute atomic E-state index is 3.45. The third kappa shape index (κ3) is 3.80. The van der Waals surface area contributed by atoms with Crippen LogP contribution in [0.25, 0.3) is 0 Å². The highest BCUT2D eigenvalue weighted by Gasteiger charge is 2.23. The van der Waals surface area contributed by atoms with Crippen molar-refractivity contribution in [2.45, 2.75) is 45.7 Å². The van der Waals surface area contributed by atoms with Gasteiger partial charge in [-0.2, -0.15) is 0 Å². The molecule has 1 aliphatic rings. The van der Waals surface area contributed by atoms with Crippen LogP contribution < -0.4 is 5.32 Å². The first-order valence-corrected chi connectivity index (χ1v) is 7.59. The monoisotopic (exact) mass is 260 g/mol. The lowest BCUT2D eigenvalue weighted by Crippen LogP contribution is -2.35. The van der Waals surface area contributed by atoms with E-state index in [9.17, 15) is 0 Å². The Hall–Kier alpha value is -0.860. The van der Waals surface area contributed by atoms with Crippen molar-refractivity contribution in [3.05, 3.63) is 35.4 Å². The molecule has 1 aliphatic heterocycles. The minimum absolute atomic E-state index is 0.498. The Balaban J connectivity index is 2.00. The van der Waals surface area contributed by atoms with Gasteiger partial charge in [0.25, 0.3) is 0 Å². The maximum Gasteiger partial charge on any atom is 0.0320 e. The Morgan fingerprint density at radius 1 is 1.21 bits per heavy atom. The highest BCUT2D eigenvalue weighted by atomic mass is 15.2. The zero-order chi connectivity index (χ0) is 13.8. The van der Waals surface area contributed by atoms with E-state index >= 15 is 0 Å². The van der Waals surface area contributed by atoms with Crippen molar-refractivity contribution in [2.75, 3.05) is 20.1 Å². The number of hydrogen-bond donors (Lipinski definition) is 1. The second-order valence-electron chi connectivity index (χ2n) is 6.33. The highest BCUT2D eigenvalue weighted by molar-refractivity contribution is 5.25. The summed E-state index contributed by atoms with van der Waals surface area (Å²) < 4.78 is 0. The van der Waals surface area contributed by atoms with Crippen LogP contribution in [0.3, 0.4) is 0 Å². The Bertz CT molecular complexity index is 377. The van der Waals surface area contributed by atoms with Gasteiger partial charge in [-0.1, -0.05) is 38.1 Å². The number of rotatable bonds is 5. The predicted molar refractivity (Wildman–Crippen MR) is 82.4 cm³/mol. The molecule has 0 aliphatic carbocycles. The van der Waals surface area contributed by atoms with Gasteiger partial charge in [0.1, 0.15) is 0 Å². The van der Waals surface area contributed by atoms with E-state index in [2.05, 4.69) is 62.3 Å². The number of nitrogens with one attached hydrogen (secondary N) is 1. The van der Waals surface area contributed by atoms with E-state index in [1.54, 1.807) is 0 Å². The average Bonchev–Trinajstić information content (AvgIpc) is 2.91. The molecule has 0 spiro atoms. The molecule has 106 valence electrons. The van der Waals surface area contributed by atoms with Crippen molar-refractivity contribution < 1.29 is 0 Å². The molecule has 1 heterocycles. The van der Waals surface area contributed by atoms with Gasteiger partial charge in [0, 0.05) is 18.6 Å². The fourth-order valence-electron chi connectivity index (χ4n) is 2.94. The Morgan fingerprint density at radius 2 is 1.89 bits per heavy atom. The summed E-state index contributed by atoms with van der Waals surface area (Å²) in [4.78, 5) is 2.51. The predicted octanol–water partition coefficient (Wildman–Crippen LogP) is 3.24. The molecule has 0 bridgehead atoms. The summed E-state index contributed by atoms with van der Waals surface area (Å²) in [5, 5.41) is 3.45. The largest absolute Gasteiger partial charge is 0.315 e. The van der Waals surface area contributed by atoms with E-state index in [-0.39, 0.29) is 0 Å². The summed E-state index contributed by atoms with van der Waals surface area (Å²) in [7, 11) is 2.25. The first kappa shape index (κ1) is 14.5. The van der Waals surface area contributed by atoms with Crippen molar-refractivity contribution in [2.24, 2.45) is 5.92 Å². The van der Waals surface area contributed by atoms with Crippen LogP contribution in [0.5, 0.6) is 0 Å². The summed E-state index contributed by atoms with van der Waals surface area (Å²) in [6.45, 7) is 9.16. The summed E-state index contributed by atoms with van der Waals surface area (Å²) in [6.07, 6.45) is 2.45. The Morgan fingerprint density at radius 3 is 2.42 bits per heavy atom. The van der Waals surface area contributed by atoms with Crippen molar-refractivity contribution in [1.82, 2.24) is 10.2 Å². The van der Waals surface area contributed by atoms with Crippen LogP contribution in [-0.2, 0) is 6.42 Å². The van der Waals surface area contributed by atoms with Crippen molar-refractivity contribution in [3.63, 3.8) is 0 Å². The van der Waals surface area contributed by atoms with Gasteiger partial charge in [0.2, 0.25) is 0 Å². The summed E-state index contributed by atoms with van der Waals surface area (Å²) in [5.41, 5.74) is 2.89. The fraction of sp³-hybridized carbons (Fsp3) is 0.647. The van der Waals surface area contributed by atoms with Crippen LogP contribution in [0.1, 0.15) is 44.4 Å². The van der Waals surface area contributed by atoms with E-state index < -0.39 is 0 Å². The Labute approximate surface area is 118 Å². The first-order chi connectivity index (χ1) is 9.08. The van der Waals surface area contributed by atoms with Gasteiger partial charge < -0.3 is 5.32 Å². The van der Waals surface area contributed by atoms with Crippen LogP contribution >= 0.6 is 0 Å². The lowest BCUT2D eigenvalue weighted by atomic mass is 9.99. The second-order valence-corrected chi connectivity index (χ2v) is 6.33. The van der Waals surface area contributed by atoms with E-state index in [4.69, 9.17) is 0 Å². The van der Waals surface area contributed by atoms with Gasteiger partial charge in [0.05, 0.1) is 0 Å². The molecule has 1 aromatic carbocycles. The van der Waals surface area contributed by atoms with E-state index in [1.165, 1.54) is 24.0 Å². The molecule has 2 nitrogen and oxygen atoms in total. The molecule has 19 heavy (non-hydrogen) atoms. The smallest absolute Gasteiger partial charge is 0.0320 e. The van der Waals surface area contributed by atoms with Gasteiger partial charge in [0.15, 0.2) is 0 Å². The third-order valence-electron chi connectivity index (χ3n) is 4.33. The van der Waals surface area contributed by atoms with E-state index in [1.807, 2.05) is 0 Å². The molecule has 0 radical (unpaired) electrons. The lowest BCUT2D eigenvalue weighted by molar-refractivity contribution is 0.197. The summed E-state index contributed by atoms with van der Waals surface area (Å²) >= 11 is 0. The molecule has 2 rings (SSSR count). The SMILES string of the molecule is CC(C)Cc1ccc(C(C)N(C)C2CCNC2)cc1. The van der Waals surface area contributed by atoms with Crippen molar-refractivity contribution in [3.8, 4) is 0 Å². The van der Waals surface area contributed by atoms with Gasteiger partial charge in [-0.25, -0.2) is 0 Å². The quantitative estimate of drug-likeness (QED) is 0.874. The van der Waals surface area contributed by atoms with Crippen LogP contribution in [0, 0.1) is 5.92 Å². The molecule has 1 saturated heterocycles. The minimum atomic E-state index is 0.498. The second kappa shape index (κ2) is 6.53. The molecule has 1 N–H and O–H groups in total. The van der Waals surface area contributed by atoms with E-state index in [0.717, 1.165) is 19.0 Å². The van der Waals surface area contributed by atoms with Gasteiger partial charge in [-0.05, 0) is 50.4 Å².